The molecule has 64 valence electrons. The standard InChI is InChI=1S/C8H7N.C2H7N/c9-7-6-8-4-2-1-3-5-8;1-3-2/h1-5H,6H2;3H,1-2H3. The number of nitrogens with one attached hydrogen (secondary N) is 1. The van der Waals surface area contributed by atoms with Crippen LogP contribution in [0.1, 0.15) is 5.56 Å². The molecule has 2 nitrogen and oxygen atoms in total. The lowest BCUT2D eigenvalue weighted by Crippen LogP contribution is -1.89. The van der Waals surface area contributed by atoms with Gasteiger partial charge in [0.2, 0.25) is 0 Å². The fraction of sp³-hybridized carbons (Fsp3) is 0.300. The molecule has 0 aliphatic rings. The van der Waals surface area contributed by atoms with E-state index in [1.54, 1.807) is 0 Å². The van der Waals surface area contributed by atoms with E-state index >= 15 is 0 Å². The van der Waals surface area contributed by atoms with Crippen LogP contribution in [0.3, 0.4) is 0 Å². The summed E-state index contributed by atoms with van der Waals surface area (Å²) < 4.78 is 0. The van der Waals surface area contributed by atoms with E-state index in [1.165, 1.54) is 0 Å². The number of nitriles is 1. The van der Waals surface area contributed by atoms with E-state index in [1.807, 2.05) is 44.4 Å². The molecule has 0 fully saturated rings. The molecule has 0 spiro atoms. The van der Waals surface area contributed by atoms with Crippen molar-refractivity contribution in [3.05, 3.63) is 35.9 Å². The third-order valence-corrected chi connectivity index (χ3v) is 1.13. The van der Waals surface area contributed by atoms with Crippen molar-refractivity contribution in [1.29, 1.82) is 5.26 Å². The summed E-state index contributed by atoms with van der Waals surface area (Å²) in [5.74, 6) is 0. The first-order valence-electron chi connectivity index (χ1n) is 3.84. The van der Waals surface area contributed by atoms with Gasteiger partial charge in [-0.2, -0.15) is 5.26 Å². The minimum absolute atomic E-state index is 0.515. The Bertz CT molecular complexity index is 223. The first-order valence-corrected chi connectivity index (χ1v) is 3.84. The maximum atomic E-state index is 8.27. The van der Waals surface area contributed by atoms with Gasteiger partial charge in [0.05, 0.1) is 12.5 Å². The van der Waals surface area contributed by atoms with Crippen molar-refractivity contribution in [3.8, 4) is 6.07 Å². The van der Waals surface area contributed by atoms with Crippen LogP contribution in [0.15, 0.2) is 30.3 Å². The summed E-state index contributed by atoms with van der Waals surface area (Å²) in [6.45, 7) is 0. The van der Waals surface area contributed by atoms with Gasteiger partial charge in [-0.3, -0.25) is 0 Å². The summed E-state index contributed by atoms with van der Waals surface area (Å²) >= 11 is 0. The molecule has 0 radical (unpaired) electrons. The second kappa shape index (κ2) is 7.77. The van der Waals surface area contributed by atoms with Gasteiger partial charge < -0.3 is 5.32 Å². The quantitative estimate of drug-likeness (QED) is 0.680. The molecule has 0 aliphatic heterocycles. The number of hydrogen-bond donors (Lipinski definition) is 1. The normalized spacial score (nSPS) is 7.75. The highest BCUT2D eigenvalue weighted by Crippen LogP contribution is 1.96. The van der Waals surface area contributed by atoms with Crippen LogP contribution in [0.2, 0.25) is 0 Å². The Hall–Kier alpha value is -1.33. The van der Waals surface area contributed by atoms with Crippen molar-refractivity contribution in [2.45, 2.75) is 6.42 Å². The van der Waals surface area contributed by atoms with E-state index < -0.39 is 0 Å². The molecule has 1 aromatic carbocycles. The maximum Gasteiger partial charge on any atom is 0.0669 e. The van der Waals surface area contributed by atoms with Crippen molar-refractivity contribution >= 4 is 0 Å². The molecule has 0 unspecified atom stereocenters. The lowest BCUT2D eigenvalue weighted by molar-refractivity contribution is 1.02. The van der Waals surface area contributed by atoms with Gasteiger partial charge in [-0.15, -0.1) is 0 Å². The summed E-state index contributed by atoms with van der Waals surface area (Å²) in [4.78, 5) is 0. The average Bonchev–Trinajstić information content (AvgIpc) is 2.08. The minimum atomic E-state index is 0.515. The Labute approximate surface area is 73.8 Å². The smallest absolute Gasteiger partial charge is 0.0669 e. The van der Waals surface area contributed by atoms with Gasteiger partial charge in [0.1, 0.15) is 0 Å². The van der Waals surface area contributed by atoms with E-state index in [-0.39, 0.29) is 0 Å². The Morgan fingerprint density at radius 3 is 2.17 bits per heavy atom. The predicted molar refractivity (Wildman–Crippen MR) is 50.7 cm³/mol. The van der Waals surface area contributed by atoms with Gasteiger partial charge in [-0.05, 0) is 19.7 Å². The third kappa shape index (κ3) is 5.45. The molecule has 0 atom stereocenters. The Morgan fingerprint density at radius 2 is 1.75 bits per heavy atom. The largest absolute Gasteiger partial charge is 0.323 e. The van der Waals surface area contributed by atoms with Crippen molar-refractivity contribution in [1.82, 2.24) is 5.32 Å². The van der Waals surface area contributed by atoms with E-state index in [9.17, 15) is 0 Å². The number of nitrogens with zero attached hydrogens (tertiary/aromatic N) is 1. The first-order chi connectivity index (χ1) is 5.85. The van der Waals surface area contributed by atoms with E-state index in [4.69, 9.17) is 5.26 Å². The topological polar surface area (TPSA) is 35.8 Å². The third-order valence-electron chi connectivity index (χ3n) is 1.13. The fourth-order valence-electron chi connectivity index (χ4n) is 0.687. The highest BCUT2D eigenvalue weighted by atomic mass is 14.7. The van der Waals surface area contributed by atoms with Crippen LogP contribution in [-0.4, -0.2) is 14.1 Å². The van der Waals surface area contributed by atoms with Crippen LogP contribution in [0.25, 0.3) is 0 Å². The molecular weight excluding hydrogens is 148 g/mol. The van der Waals surface area contributed by atoms with E-state index in [0.717, 1.165) is 5.56 Å². The zero-order chi connectivity index (χ0) is 9.23. The van der Waals surface area contributed by atoms with Crippen LogP contribution in [0, 0.1) is 11.3 Å². The molecule has 1 aromatic rings. The number of rotatable bonds is 1. The lowest BCUT2D eigenvalue weighted by Gasteiger charge is -1.88. The van der Waals surface area contributed by atoms with Crippen molar-refractivity contribution in [3.63, 3.8) is 0 Å². The van der Waals surface area contributed by atoms with E-state index in [0.29, 0.717) is 6.42 Å². The van der Waals surface area contributed by atoms with Gasteiger partial charge in [0, 0.05) is 0 Å². The fourth-order valence-corrected chi connectivity index (χ4v) is 0.687. The molecule has 0 aromatic heterocycles. The molecule has 0 saturated carbocycles. The number of benzene rings is 1. The lowest BCUT2D eigenvalue weighted by atomic mass is 10.2. The van der Waals surface area contributed by atoms with Crippen LogP contribution in [0.4, 0.5) is 0 Å². The molecule has 1 rings (SSSR count). The Morgan fingerprint density at radius 1 is 1.25 bits per heavy atom. The summed E-state index contributed by atoms with van der Waals surface area (Å²) in [6, 6.07) is 11.8. The number of hydrogen-bond acceptors (Lipinski definition) is 2. The molecule has 2 heteroatoms. The van der Waals surface area contributed by atoms with Gasteiger partial charge in [0.15, 0.2) is 0 Å². The van der Waals surface area contributed by atoms with Crippen LogP contribution in [-0.2, 0) is 6.42 Å². The van der Waals surface area contributed by atoms with Gasteiger partial charge in [0.25, 0.3) is 0 Å². The van der Waals surface area contributed by atoms with Gasteiger partial charge in [-0.25, -0.2) is 0 Å². The maximum absolute atomic E-state index is 8.27. The molecule has 0 amide bonds. The summed E-state index contributed by atoms with van der Waals surface area (Å²) in [7, 11) is 3.75. The summed E-state index contributed by atoms with van der Waals surface area (Å²) in [5, 5.41) is 11.0. The summed E-state index contributed by atoms with van der Waals surface area (Å²) in [5.41, 5.74) is 1.08. The highest BCUT2D eigenvalue weighted by Gasteiger charge is 1.84. The van der Waals surface area contributed by atoms with Crippen LogP contribution < -0.4 is 5.32 Å². The van der Waals surface area contributed by atoms with Crippen LogP contribution >= 0.6 is 0 Å². The van der Waals surface area contributed by atoms with Crippen molar-refractivity contribution in [2.24, 2.45) is 0 Å². The van der Waals surface area contributed by atoms with Crippen molar-refractivity contribution in [2.75, 3.05) is 14.1 Å². The minimum Gasteiger partial charge on any atom is -0.323 e. The Balaban J connectivity index is 0.000000354. The van der Waals surface area contributed by atoms with Crippen LogP contribution in [0.5, 0.6) is 0 Å². The van der Waals surface area contributed by atoms with Crippen molar-refractivity contribution < 1.29 is 0 Å². The zero-order valence-corrected chi connectivity index (χ0v) is 7.54. The molecule has 1 N–H and O–H groups in total. The summed E-state index contributed by atoms with van der Waals surface area (Å²) in [6.07, 6.45) is 0.515. The monoisotopic (exact) mass is 162 g/mol. The van der Waals surface area contributed by atoms with E-state index in [2.05, 4.69) is 11.4 Å². The predicted octanol–water partition coefficient (Wildman–Crippen LogP) is 1.59. The second-order valence-corrected chi connectivity index (χ2v) is 2.32. The first kappa shape index (κ1) is 10.7. The zero-order valence-electron chi connectivity index (χ0n) is 7.54. The molecule has 0 saturated heterocycles. The van der Waals surface area contributed by atoms with Gasteiger partial charge in [-0.1, -0.05) is 30.3 Å². The highest BCUT2D eigenvalue weighted by molar-refractivity contribution is 5.17. The molecule has 0 bridgehead atoms. The molecule has 0 aliphatic carbocycles. The second-order valence-electron chi connectivity index (χ2n) is 2.32. The average molecular weight is 162 g/mol. The molecular formula is C10H14N2. The molecule has 12 heavy (non-hydrogen) atoms. The molecule has 0 heterocycles. The Kier molecular flexibility index (Phi) is 6.91. The SMILES string of the molecule is CNC.N#CCc1ccccc1. The van der Waals surface area contributed by atoms with Gasteiger partial charge >= 0.3 is 0 Å².